The minimum Gasteiger partial charge on any atom is -0.448 e. The molecule has 0 aromatic carbocycles. The molecule has 1 aromatic rings. The number of hydrogen-bond acceptors (Lipinski definition) is 4. The molecule has 2 heterocycles. The number of aromatic nitrogens is 2. The summed E-state index contributed by atoms with van der Waals surface area (Å²) in [5, 5.41) is 7.35. The molecule has 0 aliphatic carbocycles. The van der Waals surface area contributed by atoms with Gasteiger partial charge in [0.1, 0.15) is 5.15 Å². The largest absolute Gasteiger partial charge is 0.448 e. The predicted molar refractivity (Wildman–Crippen MR) is 91.2 cm³/mol. The van der Waals surface area contributed by atoms with Crippen LogP contribution in [0.1, 0.15) is 24.1 Å². The Labute approximate surface area is 146 Å². The number of rotatable bonds is 5. The fourth-order valence-electron chi connectivity index (χ4n) is 2.41. The highest BCUT2D eigenvalue weighted by Crippen LogP contribution is 2.20. The van der Waals surface area contributed by atoms with Gasteiger partial charge in [0.05, 0.1) is 12.3 Å². The van der Waals surface area contributed by atoms with Gasteiger partial charge in [-0.3, -0.25) is 9.48 Å². The van der Waals surface area contributed by atoms with Gasteiger partial charge in [-0.25, -0.2) is 14.8 Å². The van der Waals surface area contributed by atoms with E-state index in [4.69, 9.17) is 16.3 Å². The van der Waals surface area contributed by atoms with Crippen molar-refractivity contribution in [2.45, 2.75) is 19.8 Å². The molecule has 1 aromatic heterocycles. The maximum atomic E-state index is 12.4. The van der Waals surface area contributed by atoms with Crippen LogP contribution in [-0.2, 0) is 16.6 Å². The summed E-state index contributed by atoms with van der Waals surface area (Å²) >= 11 is 6.14. The summed E-state index contributed by atoms with van der Waals surface area (Å²) in [4.78, 5) is 24.4. The summed E-state index contributed by atoms with van der Waals surface area (Å²) in [6, 6.07) is 0. The van der Waals surface area contributed by atoms with Crippen molar-refractivity contribution in [3.8, 4) is 0 Å². The highest BCUT2D eigenvalue weighted by molar-refractivity contribution is 6.31. The van der Waals surface area contributed by atoms with Crippen LogP contribution in [0.3, 0.4) is 0 Å². The molecule has 130 valence electrons. The van der Waals surface area contributed by atoms with E-state index in [-0.39, 0.29) is 12.5 Å². The molecule has 1 saturated heterocycles. The van der Waals surface area contributed by atoms with Gasteiger partial charge in [0, 0.05) is 31.8 Å². The molecule has 0 N–H and O–H groups in total. The van der Waals surface area contributed by atoms with Crippen LogP contribution in [0.25, 0.3) is 6.08 Å². The van der Waals surface area contributed by atoms with Gasteiger partial charge < -0.3 is 4.74 Å². The van der Waals surface area contributed by atoms with Crippen molar-refractivity contribution < 1.29 is 14.3 Å². The molecule has 8 heteroatoms. The van der Waals surface area contributed by atoms with Crippen molar-refractivity contribution in [1.82, 2.24) is 19.8 Å². The third kappa shape index (κ3) is 3.97. The van der Waals surface area contributed by atoms with Crippen LogP contribution in [-0.4, -0.2) is 51.5 Å². The molecule has 2 rings (SSSR count). The van der Waals surface area contributed by atoms with Gasteiger partial charge in [0.25, 0.3) is 5.91 Å². The van der Waals surface area contributed by atoms with Gasteiger partial charge in [0.15, 0.2) is 0 Å². The molecule has 24 heavy (non-hydrogen) atoms. The van der Waals surface area contributed by atoms with E-state index >= 15 is 0 Å². The zero-order valence-electron chi connectivity index (χ0n) is 13.9. The topological polar surface area (TPSA) is 67.7 Å². The fraction of sp³-hybridized carbons (Fsp3) is 0.438. The molecule has 1 fully saturated rings. The Morgan fingerprint density at radius 1 is 1.38 bits per heavy atom. The second-order valence-corrected chi connectivity index (χ2v) is 5.73. The number of carbonyl (C=O) groups is 2. The number of hydrogen-bond donors (Lipinski definition) is 0. The molecular formula is C16H21ClN4O3. The molecule has 0 bridgehead atoms. The van der Waals surface area contributed by atoms with E-state index in [0.717, 1.165) is 5.69 Å². The number of halogens is 1. The third-order valence-electron chi connectivity index (χ3n) is 3.63. The number of aryl methyl sites for hydroxylation is 2. The highest BCUT2D eigenvalue weighted by atomic mass is 35.5. The van der Waals surface area contributed by atoms with Crippen LogP contribution >= 0.6 is 11.6 Å². The summed E-state index contributed by atoms with van der Waals surface area (Å²) in [5.41, 5.74) is 1.42. The first-order valence-electron chi connectivity index (χ1n) is 7.69. The van der Waals surface area contributed by atoms with Crippen molar-refractivity contribution in [2.24, 2.45) is 7.05 Å². The van der Waals surface area contributed by atoms with Gasteiger partial charge in [-0.05, 0) is 25.8 Å². The second kappa shape index (κ2) is 8.01. The van der Waals surface area contributed by atoms with Crippen molar-refractivity contribution in [1.29, 1.82) is 0 Å². The zero-order chi connectivity index (χ0) is 17.7. The Morgan fingerprint density at radius 2 is 2.08 bits per heavy atom. The first kappa shape index (κ1) is 18.1. The molecule has 1 aliphatic heterocycles. The van der Waals surface area contributed by atoms with E-state index in [9.17, 15) is 9.59 Å². The van der Waals surface area contributed by atoms with E-state index in [1.807, 2.05) is 6.92 Å². The van der Waals surface area contributed by atoms with E-state index < -0.39 is 6.09 Å². The van der Waals surface area contributed by atoms with Gasteiger partial charge >= 0.3 is 6.09 Å². The van der Waals surface area contributed by atoms with Crippen molar-refractivity contribution in [2.75, 3.05) is 19.7 Å². The van der Waals surface area contributed by atoms with Crippen LogP contribution in [0.2, 0.25) is 5.15 Å². The normalized spacial score (nSPS) is 14.5. The Kier molecular flexibility index (Phi) is 6.03. The van der Waals surface area contributed by atoms with E-state index in [1.165, 1.54) is 16.1 Å². The summed E-state index contributed by atoms with van der Waals surface area (Å²) in [7, 11) is 1.73. The number of nitrogens with zero attached hydrogens (tertiary/aromatic N) is 4. The van der Waals surface area contributed by atoms with Crippen LogP contribution in [0, 0.1) is 6.92 Å². The monoisotopic (exact) mass is 352 g/mol. The molecule has 1 aliphatic rings. The van der Waals surface area contributed by atoms with E-state index in [0.29, 0.717) is 36.6 Å². The summed E-state index contributed by atoms with van der Waals surface area (Å²) < 4.78 is 6.66. The average Bonchev–Trinajstić information content (AvgIpc) is 3.12. The number of carbonyl (C=O) groups excluding carboxylic acids is 2. The lowest BCUT2D eigenvalue weighted by Gasteiger charge is -2.25. The molecule has 7 nitrogen and oxygen atoms in total. The van der Waals surface area contributed by atoms with E-state index in [1.54, 1.807) is 23.9 Å². The Balaban J connectivity index is 2.03. The molecule has 0 spiro atoms. The second-order valence-electron chi connectivity index (χ2n) is 5.38. The highest BCUT2D eigenvalue weighted by Gasteiger charge is 2.30. The Hall–Kier alpha value is -2.28. The van der Waals surface area contributed by atoms with Gasteiger partial charge in [0.2, 0.25) is 0 Å². The molecule has 0 unspecified atom stereocenters. The van der Waals surface area contributed by atoms with Crippen LogP contribution < -0.4 is 0 Å². The predicted octanol–water partition coefficient (Wildman–Crippen LogP) is 2.56. The average molecular weight is 353 g/mol. The lowest BCUT2D eigenvalue weighted by atomic mass is 10.2. The van der Waals surface area contributed by atoms with E-state index in [2.05, 4.69) is 11.7 Å². The molecule has 0 radical (unpaired) electrons. The van der Waals surface area contributed by atoms with Gasteiger partial charge in [-0.2, -0.15) is 5.10 Å². The summed E-state index contributed by atoms with van der Waals surface area (Å²) in [6.07, 6.45) is 5.45. The number of amides is 2. The zero-order valence-corrected chi connectivity index (χ0v) is 14.6. The number of ether oxygens (including phenoxy) is 1. The van der Waals surface area contributed by atoms with Crippen molar-refractivity contribution in [3.05, 3.63) is 35.1 Å². The Bertz CT molecular complexity index is 669. The third-order valence-corrected chi connectivity index (χ3v) is 4.08. The minimum atomic E-state index is -0.522. The van der Waals surface area contributed by atoms with Crippen molar-refractivity contribution in [3.63, 3.8) is 0 Å². The van der Waals surface area contributed by atoms with Crippen LogP contribution in [0.15, 0.2) is 18.7 Å². The molecule has 2 amide bonds. The van der Waals surface area contributed by atoms with Crippen LogP contribution in [0.4, 0.5) is 4.79 Å². The first-order valence-corrected chi connectivity index (χ1v) is 8.07. The maximum absolute atomic E-state index is 12.4. The maximum Gasteiger partial charge on any atom is 0.428 e. The molecule has 0 saturated carbocycles. The smallest absolute Gasteiger partial charge is 0.428 e. The number of hydrazine groups is 1. The standard InChI is InChI=1S/C16H21ClN4O3/c1-4-5-11-24-16(23)21-10-6-9-20(21)14(22)8-7-13-12(2)18-19(3)15(13)17/h4,7-8H,1,5-6,9-11H2,2-3H3. The minimum absolute atomic E-state index is 0.251. The first-order chi connectivity index (χ1) is 11.5. The molecule has 0 atom stereocenters. The molecular weight excluding hydrogens is 332 g/mol. The van der Waals surface area contributed by atoms with Crippen molar-refractivity contribution >= 4 is 29.7 Å². The van der Waals surface area contributed by atoms with Crippen LogP contribution in [0.5, 0.6) is 0 Å². The lowest BCUT2D eigenvalue weighted by molar-refractivity contribution is -0.136. The fourth-order valence-corrected chi connectivity index (χ4v) is 2.65. The summed E-state index contributed by atoms with van der Waals surface area (Å²) in [5.74, 6) is -0.299. The SMILES string of the molecule is C=CCCOC(=O)N1CCCN1C(=O)C=Cc1c(C)nn(C)c1Cl. The van der Waals surface area contributed by atoms with Gasteiger partial charge in [-0.15, -0.1) is 6.58 Å². The summed E-state index contributed by atoms with van der Waals surface area (Å²) in [6.45, 7) is 6.57. The lowest BCUT2D eigenvalue weighted by Crippen LogP contribution is -2.44. The Morgan fingerprint density at radius 3 is 2.71 bits per heavy atom. The van der Waals surface area contributed by atoms with Gasteiger partial charge in [-0.1, -0.05) is 17.7 Å². The quantitative estimate of drug-likeness (QED) is 0.464.